The maximum Gasteiger partial charge on any atom is 0.337 e. The van der Waals surface area contributed by atoms with Crippen LogP contribution in [0.15, 0.2) is 18.2 Å². The van der Waals surface area contributed by atoms with Crippen LogP contribution in [-0.2, 0) is 4.79 Å². The van der Waals surface area contributed by atoms with E-state index in [0.29, 0.717) is 6.42 Å². The summed E-state index contributed by atoms with van der Waals surface area (Å²) < 4.78 is 12.9. The van der Waals surface area contributed by atoms with Crippen LogP contribution in [-0.4, -0.2) is 17.0 Å². The Morgan fingerprint density at radius 3 is 2.69 bits per heavy atom. The van der Waals surface area contributed by atoms with Crippen LogP contribution in [0.5, 0.6) is 0 Å². The number of carbonyl (C=O) groups is 2. The minimum absolute atomic E-state index is 0.00838. The molecule has 0 saturated heterocycles. The molecule has 5 heteroatoms. The summed E-state index contributed by atoms with van der Waals surface area (Å²) in [5, 5.41) is 11.2. The number of carbonyl (C=O) groups excluding carboxylic acids is 1. The monoisotopic (exact) mass is 225 g/mol. The Bertz CT molecular complexity index is 418. The Balaban J connectivity index is 2.96. The molecule has 2 N–H and O–H groups in total. The first kappa shape index (κ1) is 12.2. The van der Waals surface area contributed by atoms with Gasteiger partial charge >= 0.3 is 5.97 Å². The second kappa shape index (κ2) is 5.25. The normalized spacial score (nSPS) is 9.88. The first-order valence-corrected chi connectivity index (χ1v) is 4.87. The van der Waals surface area contributed by atoms with Crippen LogP contribution in [0.3, 0.4) is 0 Å². The standard InChI is InChI=1S/C11H12FNO3/c1-2-3-10(14)13-9-6-7(12)4-5-8(9)11(15)16/h4-6H,2-3H2,1H3,(H,13,14)(H,15,16). The molecule has 0 aliphatic carbocycles. The van der Waals surface area contributed by atoms with Gasteiger partial charge in [-0.15, -0.1) is 0 Å². The molecular formula is C11H12FNO3. The first-order valence-electron chi connectivity index (χ1n) is 4.87. The highest BCUT2D eigenvalue weighted by atomic mass is 19.1. The molecule has 4 nitrogen and oxygen atoms in total. The number of halogens is 1. The number of hydrogen-bond donors (Lipinski definition) is 2. The van der Waals surface area contributed by atoms with Crippen LogP contribution in [0.2, 0.25) is 0 Å². The third-order valence-electron chi connectivity index (χ3n) is 1.96. The molecule has 0 aromatic heterocycles. The number of anilines is 1. The van der Waals surface area contributed by atoms with Crippen molar-refractivity contribution < 1.29 is 19.1 Å². The first-order chi connectivity index (χ1) is 7.54. The smallest absolute Gasteiger partial charge is 0.337 e. The van der Waals surface area contributed by atoms with Gasteiger partial charge in [0.05, 0.1) is 11.3 Å². The second-order valence-corrected chi connectivity index (χ2v) is 3.29. The molecule has 0 heterocycles. The molecule has 0 spiro atoms. The molecule has 0 fully saturated rings. The third kappa shape index (κ3) is 3.05. The molecule has 0 radical (unpaired) electrons. The highest BCUT2D eigenvalue weighted by Crippen LogP contribution is 2.17. The van der Waals surface area contributed by atoms with Crippen LogP contribution in [0.25, 0.3) is 0 Å². The zero-order chi connectivity index (χ0) is 12.1. The van der Waals surface area contributed by atoms with Gasteiger partial charge in [-0.1, -0.05) is 6.92 Å². The number of benzene rings is 1. The van der Waals surface area contributed by atoms with E-state index in [0.717, 1.165) is 18.2 Å². The Morgan fingerprint density at radius 1 is 1.44 bits per heavy atom. The molecule has 0 saturated carbocycles. The lowest BCUT2D eigenvalue weighted by molar-refractivity contribution is -0.116. The van der Waals surface area contributed by atoms with Gasteiger partial charge in [-0.2, -0.15) is 0 Å². The van der Waals surface area contributed by atoms with Gasteiger partial charge < -0.3 is 10.4 Å². The number of aromatic carboxylic acids is 1. The van der Waals surface area contributed by atoms with Crippen LogP contribution in [0.4, 0.5) is 10.1 Å². The predicted molar refractivity (Wildman–Crippen MR) is 56.9 cm³/mol. The molecular weight excluding hydrogens is 213 g/mol. The lowest BCUT2D eigenvalue weighted by Crippen LogP contribution is -2.14. The van der Waals surface area contributed by atoms with E-state index in [1.165, 1.54) is 0 Å². The average molecular weight is 225 g/mol. The van der Waals surface area contributed by atoms with Crippen LogP contribution in [0, 0.1) is 5.82 Å². The number of carboxylic acid groups (broad SMARTS) is 1. The molecule has 0 atom stereocenters. The fourth-order valence-corrected chi connectivity index (χ4v) is 1.25. The molecule has 0 unspecified atom stereocenters. The largest absolute Gasteiger partial charge is 0.478 e. The molecule has 0 aliphatic heterocycles. The van der Waals surface area contributed by atoms with Crippen LogP contribution < -0.4 is 5.32 Å². The van der Waals surface area contributed by atoms with E-state index in [1.54, 1.807) is 0 Å². The van der Waals surface area contributed by atoms with Crippen molar-refractivity contribution in [2.45, 2.75) is 19.8 Å². The zero-order valence-corrected chi connectivity index (χ0v) is 8.79. The lowest BCUT2D eigenvalue weighted by Gasteiger charge is -2.07. The summed E-state index contributed by atoms with van der Waals surface area (Å²) >= 11 is 0. The van der Waals surface area contributed by atoms with Gasteiger partial charge in [-0.25, -0.2) is 9.18 Å². The Morgan fingerprint density at radius 2 is 2.12 bits per heavy atom. The minimum Gasteiger partial charge on any atom is -0.478 e. The quantitative estimate of drug-likeness (QED) is 0.825. The zero-order valence-electron chi connectivity index (χ0n) is 8.79. The Labute approximate surface area is 92.1 Å². The number of amides is 1. The SMILES string of the molecule is CCCC(=O)Nc1cc(F)ccc1C(=O)O. The molecule has 0 aliphatic rings. The van der Waals surface area contributed by atoms with Gasteiger partial charge in [0.2, 0.25) is 5.91 Å². The van der Waals surface area contributed by atoms with Crippen molar-refractivity contribution in [1.82, 2.24) is 0 Å². The van der Waals surface area contributed by atoms with Crippen molar-refractivity contribution in [2.24, 2.45) is 0 Å². The van der Waals surface area contributed by atoms with Gasteiger partial charge in [0.25, 0.3) is 0 Å². The van der Waals surface area contributed by atoms with Gasteiger partial charge in [0, 0.05) is 6.42 Å². The van der Waals surface area contributed by atoms with Gasteiger partial charge in [0.1, 0.15) is 5.82 Å². The average Bonchev–Trinajstić information content (AvgIpc) is 2.17. The van der Waals surface area contributed by atoms with E-state index in [9.17, 15) is 14.0 Å². The van der Waals surface area contributed by atoms with Crippen LogP contribution in [0.1, 0.15) is 30.1 Å². The topological polar surface area (TPSA) is 66.4 Å². The molecule has 0 bridgehead atoms. The maximum atomic E-state index is 12.9. The Kier molecular flexibility index (Phi) is 3.99. The van der Waals surface area contributed by atoms with Crippen molar-refractivity contribution in [1.29, 1.82) is 0 Å². The number of rotatable bonds is 4. The maximum absolute atomic E-state index is 12.9. The van der Waals surface area contributed by atoms with Crippen LogP contribution >= 0.6 is 0 Å². The van der Waals surface area contributed by atoms with Gasteiger partial charge in [-0.05, 0) is 24.6 Å². The third-order valence-corrected chi connectivity index (χ3v) is 1.96. The fourth-order valence-electron chi connectivity index (χ4n) is 1.25. The molecule has 1 rings (SSSR count). The van der Waals surface area contributed by atoms with E-state index >= 15 is 0 Å². The molecule has 1 amide bonds. The van der Waals surface area contributed by atoms with E-state index < -0.39 is 11.8 Å². The Hall–Kier alpha value is -1.91. The minimum atomic E-state index is -1.20. The van der Waals surface area contributed by atoms with E-state index in [-0.39, 0.29) is 23.6 Å². The number of nitrogens with one attached hydrogen (secondary N) is 1. The number of hydrogen-bond acceptors (Lipinski definition) is 2. The summed E-state index contributed by atoms with van der Waals surface area (Å²) in [7, 11) is 0. The molecule has 1 aromatic carbocycles. The fraction of sp³-hybridized carbons (Fsp3) is 0.273. The summed E-state index contributed by atoms with van der Waals surface area (Å²) in [5.74, 6) is -2.11. The van der Waals surface area contributed by atoms with Gasteiger partial charge in [0.15, 0.2) is 0 Å². The van der Waals surface area contributed by atoms with Crippen molar-refractivity contribution in [2.75, 3.05) is 5.32 Å². The van der Waals surface area contributed by atoms with Crippen molar-refractivity contribution in [3.05, 3.63) is 29.6 Å². The lowest BCUT2D eigenvalue weighted by atomic mass is 10.1. The highest BCUT2D eigenvalue weighted by molar-refractivity contribution is 6.00. The molecule has 86 valence electrons. The molecule has 16 heavy (non-hydrogen) atoms. The van der Waals surface area contributed by atoms with E-state index in [1.807, 2.05) is 6.92 Å². The predicted octanol–water partition coefficient (Wildman–Crippen LogP) is 2.26. The highest BCUT2D eigenvalue weighted by Gasteiger charge is 2.12. The summed E-state index contributed by atoms with van der Waals surface area (Å²) in [6.45, 7) is 1.82. The van der Waals surface area contributed by atoms with Crippen molar-refractivity contribution >= 4 is 17.6 Å². The molecule has 1 aromatic rings. The number of carboxylic acids is 1. The van der Waals surface area contributed by atoms with Gasteiger partial charge in [-0.3, -0.25) is 4.79 Å². The van der Waals surface area contributed by atoms with E-state index in [4.69, 9.17) is 5.11 Å². The summed E-state index contributed by atoms with van der Waals surface area (Å²) in [4.78, 5) is 22.1. The summed E-state index contributed by atoms with van der Waals surface area (Å²) in [5.41, 5.74) is -0.128. The summed E-state index contributed by atoms with van der Waals surface area (Å²) in [6.07, 6.45) is 0.916. The van der Waals surface area contributed by atoms with Crippen molar-refractivity contribution in [3.8, 4) is 0 Å². The second-order valence-electron chi connectivity index (χ2n) is 3.29. The van der Waals surface area contributed by atoms with E-state index in [2.05, 4.69) is 5.32 Å². The summed E-state index contributed by atoms with van der Waals surface area (Å²) in [6, 6.07) is 3.16. The van der Waals surface area contributed by atoms with Crippen molar-refractivity contribution in [3.63, 3.8) is 0 Å².